The lowest BCUT2D eigenvalue weighted by Crippen LogP contribution is -2.55. The van der Waals surface area contributed by atoms with Crippen LogP contribution in [0, 0.1) is 0 Å². The molecule has 0 saturated carbocycles. The maximum absolute atomic E-state index is 12.2. The molecule has 1 heterocycles. The Labute approximate surface area is 149 Å². The normalized spacial score (nSPS) is 21.0. The Bertz CT molecular complexity index is 427. The third-order valence-corrected chi connectivity index (χ3v) is 9.60. The van der Waals surface area contributed by atoms with Gasteiger partial charge in [-0.25, -0.2) is 4.79 Å². The first-order valence-corrected chi connectivity index (χ1v) is 12.0. The molecule has 0 radical (unpaired) electrons. The van der Waals surface area contributed by atoms with E-state index in [1.807, 2.05) is 25.7 Å². The molecule has 0 spiro atoms. The van der Waals surface area contributed by atoms with E-state index in [1.165, 1.54) is 0 Å². The van der Waals surface area contributed by atoms with Crippen molar-refractivity contribution in [1.29, 1.82) is 0 Å². The summed E-state index contributed by atoms with van der Waals surface area (Å²) in [6, 6.07) is 0.328. The van der Waals surface area contributed by atoms with E-state index in [1.54, 1.807) is 0 Å². The Hall–Kier alpha value is -0.593. The average Bonchev–Trinajstić information content (AvgIpc) is 2.37. The Morgan fingerprint density at radius 1 is 1.12 bits per heavy atom. The van der Waals surface area contributed by atoms with Gasteiger partial charge in [0, 0.05) is 38.8 Å². The van der Waals surface area contributed by atoms with Gasteiger partial charge in [-0.2, -0.15) is 0 Å². The number of hydrogen-bond donors (Lipinski definition) is 0. The number of carbonyl (C=O) groups is 1. The van der Waals surface area contributed by atoms with Crippen LogP contribution in [0.15, 0.2) is 0 Å². The monoisotopic (exact) mass is 358 g/mol. The molecular weight excluding hydrogens is 320 g/mol. The number of amides is 1. The number of piperazine rings is 1. The minimum absolute atomic E-state index is 0.202. The highest BCUT2D eigenvalue weighted by Gasteiger charge is 2.37. The topological polar surface area (TPSA) is 42.0 Å². The van der Waals surface area contributed by atoms with Crippen LogP contribution in [0.1, 0.15) is 48.5 Å². The zero-order valence-corrected chi connectivity index (χ0v) is 18.2. The van der Waals surface area contributed by atoms with Crippen molar-refractivity contribution in [2.24, 2.45) is 0 Å². The summed E-state index contributed by atoms with van der Waals surface area (Å²) in [6.45, 7) is 23.3. The Balaban J connectivity index is 2.43. The van der Waals surface area contributed by atoms with Gasteiger partial charge in [-0.15, -0.1) is 0 Å². The maximum atomic E-state index is 12.2. The molecule has 1 amide bonds. The molecule has 0 aromatic rings. The second-order valence-corrected chi connectivity index (χ2v) is 14.2. The molecule has 1 saturated heterocycles. The van der Waals surface area contributed by atoms with Crippen molar-refractivity contribution >= 4 is 14.4 Å². The first-order chi connectivity index (χ1) is 10.7. The van der Waals surface area contributed by atoms with E-state index in [9.17, 15) is 4.79 Å². The number of ether oxygens (including phenoxy) is 1. The van der Waals surface area contributed by atoms with Crippen LogP contribution in [0.5, 0.6) is 0 Å². The summed E-state index contributed by atoms with van der Waals surface area (Å²) in [5.41, 5.74) is -0.436. The number of hydrogen-bond acceptors (Lipinski definition) is 4. The molecule has 142 valence electrons. The lowest BCUT2D eigenvalue weighted by molar-refractivity contribution is 0.00408. The van der Waals surface area contributed by atoms with Crippen LogP contribution in [0.2, 0.25) is 18.1 Å². The van der Waals surface area contributed by atoms with Gasteiger partial charge in [-0.3, -0.25) is 4.90 Å². The van der Waals surface area contributed by atoms with Gasteiger partial charge in [0.05, 0.1) is 0 Å². The van der Waals surface area contributed by atoms with Gasteiger partial charge >= 0.3 is 6.09 Å². The quantitative estimate of drug-likeness (QED) is 0.714. The molecule has 1 unspecified atom stereocenters. The van der Waals surface area contributed by atoms with E-state index in [4.69, 9.17) is 9.16 Å². The SMILES string of the molecule is CC1CN(C(=O)OC(C)(C)C)CCN1CCO[Si](C)(C)C(C)(C)C. The summed E-state index contributed by atoms with van der Waals surface area (Å²) < 4.78 is 11.8. The van der Waals surface area contributed by atoms with Crippen LogP contribution in [0.4, 0.5) is 4.79 Å². The second kappa shape index (κ2) is 7.75. The lowest BCUT2D eigenvalue weighted by atomic mass is 10.2. The molecule has 0 aliphatic carbocycles. The van der Waals surface area contributed by atoms with Crippen molar-refractivity contribution in [3.8, 4) is 0 Å². The molecular formula is C18H38N2O3Si. The maximum Gasteiger partial charge on any atom is 0.410 e. The summed E-state index contributed by atoms with van der Waals surface area (Å²) in [4.78, 5) is 16.4. The van der Waals surface area contributed by atoms with Gasteiger partial charge in [0.1, 0.15) is 5.60 Å². The van der Waals surface area contributed by atoms with E-state index in [2.05, 4.69) is 45.7 Å². The first kappa shape index (κ1) is 21.4. The number of rotatable bonds is 4. The molecule has 6 heteroatoms. The van der Waals surface area contributed by atoms with Crippen molar-refractivity contribution < 1.29 is 14.0 Å². The third-order valence-electron chi connectivity index (χ3n) is 5.06. The van der Waals surface area contributed by atoms with Crippen LogP contribution < -0.4 is 0 Å². The van der Waals surface area contributed by atoms with Gasteiger partial charge in [-0.1, -0.05) is 20.8 Å². The predicted octanol–water partition coefficient (Wildman–Crippen LogP) is 3.95. The van der Waals surface area contributed by atoms with Gasteiger partial charge < -0.3 is 14.1 Å². The Morgan fingerprint density at radius 2 is 1.71 bits per heavy atom. The standard InChI is InChI=1S/C18H38N2O3Si/c1-15-14-20(16(21)23-17(2,3)4)11-10-19(15)12-13-22-24(8,9)18(5,6)7/h15H,10-14H2,1-9H3. The van der Waals surface area contributed by atoms with Crippen molar-refractivity contribution in [2.75, 3.05) is 32.8 Å². The summed E-state index contributed by atoms with van der Waals surface area (Å²) in [5.74, 6) is 0. The molecule has 1 fully saturated rings. The molecule has 0 aromatic heterocycles. The molecule has 0 aromatic carbocycles. The van der Waals surface area contributed by atoms with E-state index < -0.39 is 13.9 Å². The molecule has 1 rings (SSSR count). The molecule has 5 nitrogen and oxygen atoms in total. The molecule has 0 bridgehead atoms. The fraction of sp³-hybridized carbons (Fsp3) is 0.944. The zero-order chi connectivity index (χ0) is 18.8. The lowest BCUT2D eigenvalue weighted by Gasteiger charge is -2.41. The predicted molar refractivity (Wildman–Crippen MR) is 102 cm³/mol. The third kappa shape index (κ3) is 6.37. The fourth-order valence-corrected chi connectivity index (χ4v) is 3.49. The Morgan fingerprint density at radius 3 is 2.17 bits per heavy atom. The van der Waals surface area contributed by atoms with E-state index in [0.717, 1.165) is 32.8 Å². The highest BCUT2D eigenvalue weighted by atomic mass is 28.4. The molecule has 1 atom stereocenters. The van der Waals surface area contributed by atoms with Gasteiger partial charge in [0.2, 0.25) is 0 Å². The minimum Gasteiger partial charge on any atom is -0.444 e. The number of carbonyl (C=O) groups excluding carboxylic acids is 1. The van der Waals surface area contributed by atoms with Crippen LogP contribution in [-0.2, 0) is 9.16 Å². The largest absolute Gasteiger partial charge is 0.444 e. The van der Waals surface area contributed by atoms with E-state index in [-0.39, 0.29) is 11.1 Å². The van der Waals surface area contributed by atoms with Crippen molar-refractivity contribution in [3.05, 3.63) is 0 Å². The van der Waals surface area contributed by atoms with E-state index >= 15 is 0 Å². The first-order valence-electron chi connectivity index (χ1n) is 9.09. The fourth-order valence-electron chi connectivity index (χ4n) is 2.45. The van der Waals surface area contributed by atoms with Crippen molar-refractivity contribution in [3.63, 3.8) is 0 Å². The smallest absolute Gasteiger partial charge is 0.410 e. The summed E-state index contributed by atoms with van der Waals surface area (Å²) in [5, 5.41) is 0.244. The number of nitrogens with zero attached hydrogens (tertiary/aromatic N) is 2. The molecule has 1 aliphatic heterocycles. The zero-order valence-electron chi connectivity index (χ0n) is 17.2. The highest BCUT2D eigenvalue weighted by Crippen LogP contribution is 2.36. The molecule has 24 heavy (non-hydrogen) atoms. The molecule has 0 N–H and O–H groups in total. The average molecular weight is 359 g/mol. The Kier molecular flexibility index (Phi) is 6.92. The summed E-state index contributed by atoms with van der Waals surface area (Å²) in [6.07, 6.45) is -0.202. The van der Waals surface area contributed by atoms with E-state index in [0.29, 0.717) is 6.04 Å². The van der Waals surface area contributed by atoms with Crippen LogP contribution in [0.25, 0.3) is 0 Å². The summed E-state index contributed by atoms with van der Waals surface area (Å²) >= 11 is 0. The minimum atomic E-state index is -1.68. The van der Waals surface area contributed by atoms with Crippen molar-refractivity contribution in [1.82, 2.24) is 9.80 Å². The van der Waals surface area contributed by atoms with Gasteiger partial charge in [0.25, 0.3) is 0 Å². The van der Waals surface area contributed by atoms with Crippen LogP contribution in [-0.4, -0.2) is 68.6 Å². The molecule has 1 aliphatic rings. The van der Waals surface area contributed by atoms with Gasteiger partial charge in [-0.05, 0) is 45.8 Å². The second-order valence-electron chi connectivity index (χ2n) is 9.42. The van der Waals surface area contributed by atoms with Crippen LogP contribution >= 0.6 is 0 Å². The van der Waals surface area contributed by atoms with Crippen molar-refractivity contribution in [2.45, 2.75) is 78.2 Å². The summed E-state index contributed by atoms with van der Waals surface area (Å²) in [7, 11) is -1.68. The van der Waals surface area contributed by atoms with Crippen LogP contribution in [0.3, 0.4) is 0 Å². The van der Waals surface area contributed by atoms with Gasteiger partial charge in [0.15, 0.2) is 8.32 Å². The highest BCUT2D eigenvalue weighted by molar-refractivity contribution is 6.74.